The number of nitrogens with one attached hydrogen (secondary N) is 3. The number of carbonyl (C=O) groups excluding carboxylic acids is 2. The Bertz CT molecular complexity index is 462. The van der Waals surface area contributed by atoms with Crippen LogP contribution in [0.25, 0.3) is 0 Å². The van der Waals surface area contributed by atoms with E-state index in [1.807, 2.05) is 20.8 Å². The van der Waals surface area contributed by atoms with E-state index in [0.29, 0.717) is 5.69 Å². The molecule has 112 valence electrons. The fraction of sp³-hybridized carbons (Fsp3) is 0.615. The molecule has 0 aliphatic heterocycles. The summed E-state index contributed by atoms with van der Waals surface area (Å²) in [6.45, 7) is 7.43. The van der Waals surface area contributed by atoms with Gasteiger partial charge in [0.2, 0.25) is 5.91 Å². The van der Waals surface area contributed by atoms with Crippen LogP contribution in [0, 0.1) is 19.8 Å². The van der Waals surface area contributed by atoms with Gasteiger partial charge in [0.15, 0.2) is 0 Å². The molecule has 0 aromatic carbocycles. The topological polar surface area (TPSA) is 96.1 Å². The molecule has 0 bridgehead atoms. The van der Waals surface area contributed by atoms with E-state index >= 15 is 0 Å². The lowest BCUT2D eigenvalue weighted by atomic mass is 10.0. The highest BCUT2D eigenvalue weighted by atomic mass is 16.5. The van der Waals surface area contributed by atoms with E-state index in [1.165, 1.54) is 7.11 Å². The Hall–Kier alpha value is -1.89. The van der Waals surface area contributed by atoms with E-state index in [2.05, 4.69) is 20.8 Å². The van der Waals surface area contributed by atoms with E-state index in [-0.39, 0.29) is 24.3 Å². The lowest BCUT2D eigenvalue weighted by Crippen LogP contribution is -2.45. The molecule has 0 saturated carbocycles. The fourth-order valence-electron chi connectivity index (χ4n) is 1.84. The molecule has 7 heteroatoms. The summed E-state index contributed by atoms with van der Waals surface area (Å²) in [7, 11) is 1.33. The molecule has 1 amide bonds. The zero-order chi connectivity index (χ0) is 15.3. The predicted octanol–water partition coefficient (Wildman–Crippen LogP) is 0.752. The average Bonchev–Trinajstić information content (AvgIpc) is 2.70. The Labute approximate surface area is 118 Å². The number of methoxy groups -OCH3 is 1. The third-order valence-corrected chi connectivity index (χ3v) is 3.00. The summed E-state index contributed by atoms with van der Waals surface area (Å²) >= 11 is 0. The monoisotopic (exact) mass is 282 g/mol. The molecule has 1 unspecified atom stereocenters. The number of ether oxygens (including phenoxy) is 1. The molecule has 0 spiro atoms. The second-order valence-corrected chi connectivity index (χ2v) is 4.98. The first-order chi connectivity index (χ1) is 9.36. The number of anilines is 1. The fourth-order valence-corrected chi connectivity index (χ4v) is 1.84. The second kappa shape index (κ2) is 7.04. The zero-order valence-corrected chi connectivity index (χ0v) is 12.5. The van der Waals surface area contributed by atoms with Gasteiger partial charge in [-0.1, -0.05) is 13.8 Å². The van der Waals surface area contributed by atoms with Crippen molar-refractivity contribution in [2.24, 2.45) is 5.92 Å². The minimum Gasteiger partial charge on any atom is -0.468 e. The average molecular weight is 282 g/mol. The molecule has 0 saturated heterocycles. The molecule has 1 aromatic rings. The first-order valence-corrected chi connectivity index (χ1v) is 6.49. The number of H-pyrrole nitrogens is 1. The number of rotatable bonds is 6. The van der Waals surface area contributed by atoms with Crippen molar-refractivity contribution in [3.05, 3.63) is 11.4 Å². The number of hydrogen-bond donors (Lipinski definition) is 3. The van der Waals surface area contributed by atoms with Crippen LogP contribution in [-0.4, -0.2) is 41.8 Å². The molecule has 1 heterocycles. The summed E-state index contributed by atoms with van der Waals surface area (Å²) in [4.78, 5) is 23.4. The van der Waals surface area contributed by atoms with Gasteiger partial charge in [-0.2, -0.15) is 5.10 Å². The summed E-state index contributed by atoms with van der Waals surface area (Å²) in [5, 5.41) is 12.5. The standard InChI is InChI=1S/C13H22N4O3/c1-7(2)11(13(19)20-5)14-6-10(18)15-12-8(3)16-17-9(12)4/h7,11,14H,6H2,1-5H3,(H,15,18)(H,16,17). The maximum atomic E-state index is 11.9. The summed E-state index contributed by atoms with van der Waals surface area (Å²) in [5.41, 5.74) is 2.20. The van der Waals surface area contributed by atoms with Crippen molar-refractivity contribution in [2.75, 3.05) is 19.0 Å². The Morgan fingerprint density at radius 1 is 1.35 bits per heavy atom. The van der Waals surface area contributed by atoms with E-state index in [4.69, 9.17) is 4.74 Å². The molecule has 1 rings (SSSR count). The van der Waals surface area contributed by atoms with Gasteiger partial charge in [0.1, 0.15) is 6.04 Å². The van der Waals surface area contributed by atoms with Gasteiger partial charge in [-0.05, 0) is 19.8 Å². The highest BCUT2D eigenvalue weighted by Gasteiger charge is 2.23. The highest BCUT2D eigenvalue weighted by molar-refractivity contribution is 5.93. The summed E-state index contributed by atoms with van der Waals surface area (Å²) < 4.78 is 4.70. The minimum absolute atomic E-state index is 0.0298. The molecule has 1 aromatic heterocycles. The SMILES string of the molecule is COC(=O)C(NCC(=O)Nc1c(C)n[nH]c1C)C(C)C. The van der Waals surface area contributed by atoms with Gasteiger partial charge in [-0.15, -0.1) is 0 Å². The summed E-state index contributed by atoms with van der Waals surface area (Å²) in [5.74, 6) is -0.566. The molecule has 3 N–H and O–H groups in total. The third-order valence-electron chi connectivity index (χ3n) is 3.00. The van der Waals surface area contributed by atoms with Crippen LogP contribution in [0.5, 0.6) is 0 Å². The lowest BCUT2D eigenvalue weighted by Gasteiger charge is -2.19. The van der Waals surface area contributed by atoms with Crippen molar-refractivity contribution in [1.82, 2.24) is 15.5 Å². The Morgan fingerprint density at radius 3 is 2.45 bits per heavy atom. The van der Waals surface area contributed by atoms with Crippen molar-refractivity contribution in [1.29, 1.82) is 0 Å². The predicted molar refractivity (Wildman–Crippen MR) is 75.3 cm³/mol. The number of hydrogen-bond acceptors (Lipinski definition) is 5. The van der Waals surface area contributed by atoms with Crippen molar-refractivity contribution in [3.63, 3.8) is 0 Å². The van der Waals surface area contributed by atoms with Crippen molar-refractivity contribution >= 4 is 17.6 Å². The Morgan fingerprint density at radius 2 is 2.00 bits per heavy atom. The highest BCUT2D eigenvalue weighted by Crippen LogP contribution is 2.15. The van der Waals surface area contributed by atoms with Crippen LogP contribution < -0.4 is 10.6 Å². The molecule has 0 fully saturated rings. The first-order valence-electron chi connectivity index (χ1n) is 6.49. The first kappa shape index (κ1) is 16.2. The minimum atomic E-state index is -0.503. The molecule has 0 aliphatic rings. The number of nitrogens with zero attached hydrogens (tertiary/aromatic N) is 1. The number of aryl methyl sites for hydroxylation is 2. The van der Waals surface area contributed by atoms with Crippen LogP contribution in [0.2, 0.25) is 0 Å². The normalized spacial score (nSPS) is 12.3. The largest absolute Gasteiger partial charge is 0.468 e. The number of aromatic amines is 1. The molecule has 0 aliphatic carbocycles. The summed E-state index contributed by atoms with van der Waals surface area (Å²) in [6.07, 6.45) is 0. The van der Waals surface area contributed by atoms with Crippen LogP contribution >= 0.6 is 0 Å². The van der Waals surface area contributed by atoms with Gasteiger partial charge in [0.05, 0.1) is 30.7 Å². The van der Waals surface area contributed by atoms with Crippen molar-refractivity contribution in [2.45, 2.75) is 33.7 Å². The quantitative estimate of drug-likeness (QED) is 0.669. The number of aromatic nitrogens is 2. The molecule has 20 heavy (non-hydrogen) atoms. The van der Waals surface area contributed by atoms with Crippen molar-refractivity contribution < 1.29 is 14.3 Å². The van der Waals surface area contributed by atoms with E-state index in [0.717, 1.165) is 11.4 Å². The van der Waals surface area contributed by atoms with Crippen LogP contribution in [-0.2, 0) is 14.3 Å². The summed E-state index contributed by atoms with van der Waals surface area (Å²) in [6, 6.07) is -0.503. The van der Waals surface area contributed by atoms with E-state index in [9.17, 15) is 9.59 Å². The number of amides is 1. The Balaban J connectivity index is 2.56. The van der Waals surface area contributed by atoms with Crippen LogP contribution in [0.1, 0.15) is 25.2 Å². The van der Waals surface area contributed by atoms with Gasteiger partial charge in [0, 0.05) is 0 Å². The van der Waals surface area contributed by atoms with Crippen LogP contribution in [0.4, 0.5) is 5.69 Å². The van der Waals surface area contributed by atoms with E-state index < -0.39 is 6.04 Å². The van der Waals surface area contributed by atoms with Crippen LogP contribution in [0.15, 0.2) is 0 Å². The molecular formula is C13H22N4O3. The molecule has 0 radical (unpaired) electrons. The van der Waals surface area contributed by atoms with Gasteiger partial charge < -0.3 is 10.1 Å². The van der Waals surface area contributed by atoms with Crippen LogP contribution in [0.3, 0.4) is 0 Å². The zero-order valence-electron chi connectivity index (χ0n) is 12.5. The molecular weight excluding hydrogens is 260 g/mol. The van der Waals surface area contributed by atoms with Gasteiger partial charge >= 0.3 is 5.97 Å². The van der Waals surface area contributed by atoms with Crippen molar-refractivity contribution in [3.8, 4) is 0 Å². The Kier molecular flexibility index (Phi) is 5.69. The smallest absolute Gasteiger partial charge is 0.323 e. The van der Waals surface area contributed by atoms with Gasteiger partial charge in [0.25, 0.3) is 0 Å². The maximum absolute atomic E-state index is 11.9. The van der Waals surface area contributed by atoms with Gasteiger partial charge in [-0.25, -0.2) is 0 Å². The third kappa shape index (κ3) is 4.06. The molecule has 7 nitrogen and oxygen atoms in total. The maximum Gasteiger partial charge on any atom is 0.323 e. The number of carbonyl (C=O) groups is 2. The molecule has 1 atom stereocenters. The van der Waals surface area contributed by atoms with E-state index in [1.54, 1.807) is 6.92 Å². The van der Waals surface area contributed by atoms with Gasteiger partial charge in [-0.3, -0.25) is 20.0 Å². The second-order valence-electron chi connectivity index (χ2n) is 4.98. The lowest BCUT2D eigenvalue weighted by molar-refractivity contribution is -0.144. The number of esters is 1.